The van der Waals surface area contributed by atoms with Crippen molar-refractivity contribution in [2.45, 2.75) is 52.5 Å². The van der Waals surface area contributed by atoms with E-state index in [2.05, 4.69) is 5.10 Å². The zero-order chi connectivity index (χ0) is 12.7. The third kappa shape index (κ3) is 2.00. The standard InChI is InChI=1S/C15H22N2O/c1-3-17-14(6-10(2)16-17)15(18)9-13-8-11-4-5-12(13)7-11/h6,11-13H,3-5,7-9H2,1-2H3. The minimum absolute atomic E-state index is 0.301. The van der Waals surface area contributed by atoms with E-state index in [0.717, 1.165) is 36.2 Å². The summed E-state index contributed by atoms with van der Waals surface area (Å²) in [5, 5.41) is 4.37. The van der Waals surface area contributed by atoms with Crippen LogP contribution in [-0.2, 0) is 6.54 Å². The molecule has 0 amide bonds. The molecule has 0 aliphatic heterocycles. The van der Waals surface area contributed by atoms with Gasteiger partial charge in [0.05, 0.1) is 5.69 Å². The molecule has 2 aliphatic carbocycles. The summed E-state index contributed by atoms with van der Waals surface area (Å²) in [6, 6.07) is 1.94. The van der Waals surface area contributed by atoms with Gasteiger partial charge in [-0.2, -0.15) is 5.10 Å². The molecule has 0 spiro atoms. The number of Topliss-reactive ketones (excluding diaryl/α,β-unsaturated/α-hetero) is 1. The van der Waals surface area contributed by atoms with Gasteiger partial charge in [0.25, 0.3) is 0 Å². The predicted molar refractivity (Wildman–Crippen MR) is 70.5 cm³/mol. The Morgan fingerprint density at radius 1 is 1.44 bits per heavy atom. The molecule has 98 valence electrons. The van der Waals surface area contributed by atoms with Crippen LogP contribution in [0.5, 0.6) is 0 Å². The number of carbonyl (C=O) groups is 1. The van der Waals surface area contributed by atoms with Crippen molar-refractivity contribution in [2.24, 2.45) is 17.8 Å². The summed E-state index contributed by atoms with van der Waals surface area (Å²) in [5.41, 5.74) is 1.77. The summed E-state index contributed by atoms with van der Waals surface area (Å²) < 4.78 is 1.85. The lowest BCUT2D eigenvalue weighted by molar-refractivity contribution is 0.0933. The quantitative estimate of drug-likeness (QED) is 0.764. The average Bonchev–Trinajstić information content (AvgIpc) is 3.02. The van der Waals surface area contributed by atoms with E-state index in [-0.39, 0.29) is 0 Å². The van der Waals surface area contributed by atoms with E-state index in [0.29, 0.717) is 11.7 Å². The molecule has 0 saturated heterocycles. The Morgan fingerprint density at radius 2 is 2.28 bits per heavy atom. The zero-order valence-corrected chi connectivity index (χ0v) is 11.4. The SMILES string of the molecule is CCn1nc(C)cc1C(=O)CC1CC2CCC1C2. The molecule has 3 heteroatoms. The fraction of sp³-hybridized carbons (Fsp3) is 0.733. The molecule has 1 aromatic rings. The number of hydrogen-bond donors (Lipinski definition) is 0. The summed E-state index contributed by atoms with van der Waals surface area (Å²) in [7, 11) is 0. The average molecular weight is 246 g/mol. The summed E-state index contributed by atoms with van der Waals surface area (Å²) >= 11 is 0. The highest BCUT2D eigenvalue weighted by molar-refractivity contribution is 5.94. The fourth-order valence-corrected chi connectivity index (χ4v) is 3.98. The van der Waals surface area contributed by atoms with Crippen LogP contribution in [0, 0.1) is 24.7 Å². The Morgan fingerprint density at radius 3 is 2.89 bits per heavy atom. The van der Waals surface area contributed by atoms with Crippen molar-refractivity contribution in [3.8, 4) is 0 Å². The number of fused-ring (bicyclic) bond motifs is 2. The topological polar surface area (TPSA) is 34.9 Å². The van der Waals surface area contributed by atoms with Crippen LogP contribution in [0.1, 0.15) is 55.2 Å². The van der Waals surface area contributed by atoms with E-state index >= 15 is 0 Å². The van der Waals surface area contributed by atoms with E-state index in [1.165, 1.54) is 25.7 Å². The van der Waals surface area contributed by atoms with Crippen molar-refractivity contribution in [2.75, 3.05) is 0 Å². The van der Waals surface area contributed by atoms with E-state index in [9.17, 15) is 4.79 Å². The van der Waals surface area contributed by atoms with Crippen molar-refractivity contribution in [1.29, 1.82) is 0 Å². The minimum Gasteiger partial charge on any atom is -0.292 e. The van der Waals surface area contributed by atoms with Crippen LogP contribution in [0.4, 0.5) is 0 Å². The lowest BCUT2D eigenvalue weighted by Gasteiger charge is -2.20. The Balaban J connectivity index is 1.71. The van der Waals surface area contributed by atoms with Gasteiger partial charge in [-0.25, -0.2) is 0 Å². The Kier molecular flexibility index (Phi) is 3.00. The van der Waals surface area contributed by atoms with E-state index in [4.69, 9.17) is 0 Å². The molecule has 3 unspecified atom stereocenters. The van der Waals surface area contributed by atoms with Crippen LogP contribution >= 0.6 is 0 Å². The molecule has 1 heterocycles. The molecule has 3 nitrogen and oxygen atoms in total. The smallest absolute Gasteiger partial charge is 0.181 e. The molecule has 0 radical (unpaired) electrons. The maximum Gasteiger partial charge on any atom is 0.181 e. The highest BCUT2D eigenvalue weighted by Gasteiger charge is 2.40. The minimum atomic E-state index is 0.301. The number of hydrogen-bond acceptors (Lipinski definition) is 2. The van der Waals surface area contributed by atoms with Crippen molar-refractivity contribution in [3.63, 3.8) is 0 Å². The molecule has 0 N–H and O–H groups in total. The van der Waals surface area contributed by atoms with Crippen LogP contribution in [-0.4, -0.2) is 15.6 Å². The van der Waals surface area contributed by atoms with Gasteiger partial charge in [0.15, 0.2) is 5.78 Å². The van der Waals surface area contributed by atoms with Gasteiger partial charge in [0.1, 0.15) is 5.69 Å². The molecule has 3 atom stereocenters. The third-order valence-corrected chi connectivity index (χ3v) is 4.82. The van der Waals surface area contributed by atoms with Crippen molar-refractivity contribution in [1.82, 2.24) is 9.78 Å². The van der Waals surface area contributed by atoms with Gasteiger partial charge in [-0.05, 0) is 56.9 Å². The van der Waals surface area contributed by atoms with Crippen molar-refractivity contribution >= 4 is 5.78 Å². The van der Waals surface area contributed by atoms with Crippen LogP contribution in [0.15, 0.2) is 6.07 Å². The molecule has 3 rings (SSSR count). The molecule has 2 aliphatic rings. The first kappa shape index (κ1) is 11.9. The third-order valence-electron chi connectivity index (χ3n) is 4.82. The Labute approximate surface area is 109 Å². The molecule has 18 heavy (non-hydrogen) atoms. The van der Waals surface area contributed by atoms with Crippen molar-refractivity contribution < 1.29 is 4.79 Å². The number of nitrogens with zero attached hydrogens (tertiary/aromatic N) is 2. The summed E-state index contributed by atoms with van der Waals surface area (Å²) in [6.45, 7) is 4.78. The van der Waals surface area contributed by atoms with Gasteiger partial charge in [-0.15, -0.1) is 0 Å². The summed E-state index contributed by atoms with van der Waals surface area (Å²) in [5.74, 6) is 2.70. The lowest BCUT2D eigenvalue weighted by Crippen LogP contribution is -2.17. The van der Waals surface area contributed by atoms with Crippen LogP contribution in [0.2, 0.25) is 0 Å². The molecular weight excluding hydrogens is 224 g/mol. The maximum atomic E-state index is 12.4. The highest BCUT2D eigenvalue weighted by atomic mass is 16.1. The van der Waals surface area contributed by atoms with E-state index in [1.807, 2.05) is 24.6 Å². The van der Waals surface area contributed by atoms with Gasteiger partial charge in [-0.3, -0.25) is 9.48 Å². The molecule has 2 bridgehead atoms. The second kappa shape index (κ2) is 4.52. The molecule has 2 fully saturated rings. The van der Waals surface area contributed by atoms with Gasteiger partial charge in [0.2, 0.25) is 0 Å². The second-order valence-electron chi connectivity index (χ2n) is 6.05. The first-order valence-corrected chi connectivity index (χ1v) is 7.25. The summed E-state index contributed by atoms with van der Waals surface area (Å²) in [4.78, 5) is 12.4. The van der Waals surface area contributed by atoms with Gasteiger partial charge >= 0.3 is 0 Å². The molecular formula is C15H22N2O. The molecule has 0 aromatic carbocycles. The van der Waals surface area contributed by atoms with Crippen LogP contribution in [0.25, 0.3) is 0 Å². The highest BCUT2D eigenvalue weighted by Crippen LogP contribution is 2.49. The number of rotatable bonds is 4. The van der Waals surface area contributed by atoms with Gasteiger partial charge in [-0.1, -0.05) is 6.42 Å². The largest absolute Gasteiger partial charge is 0.292 e. The van der Waals surface area contributed by atoms with Gasteiger partial charge in [0, 0.05) is 13.0 Å². The first-order valence-electron chi connectivity index (χ1n) is 7.25. The maximum absolute atomic E-state index is 12.4. The predicted octanol–water partition coefficient (Wildman–Crippen LogP) is 3.22. The van der Waals surface area contributed by atoms with Gasteiger partial charge < -0.3 is 0 Å². The Bertz CT molecular complexity index is 463. The van der Waals surface area contributed by atoms with Crippen LogP contribution < -0.4 is 0 Å². The lowest BCUT2D eigenvalue weighted by atomic mass is 9.85. The number of aromatic nitrogens is 2. The first-order chi connectivity index (χ1) is 8.67. The Hall–Kier alpha value is -1.12. The van der Waals surface area contributed by atoms with Crippen molar-refractivity contribution in [3.05, 3.63) is 17.5 Å². The van der Waals surface area contributed by atoms with E-state index < -0.39 is 0 Å². The number of aryl methyl sites for hydroxylation is 2. The van der Waals surface area contributed by atoms with Crippen LogP contribution in [0.3, 0.4) is 0 Å². The molecule has 1 aromatic heterocycles. The fourth-order valence-electron chi connectivity index (χ4n) is 3.98. The second-order valence-corrected chi connectivity index (χ2v) is 6.05. The summed E-state index contributed by atoms with van der Waals surface area (Å²) in [6.07, 6.45) is 6.17. The van der Waals surface area contributed by atoms with E-state index in [1.54, 1.807) is 0 Å². The number of ketones is 1. The monoisotopic (exact) mass is 246 g/mol. The zero-order valence-electron chi connectivity index (χ0n) is 11.4. The normalized spacial score (nSPS) is 30.0. The molecule has 2 saturated carbocycles. The number of carbonyl (C=O) groups excluding carboxylic acids is 1.